The standard InChI is InChI=1S/C15H13NO3S/c17-13(9-8-12-7-4-10-20-12)16-14(15(18)19)11-5-2-1-3-6-11/h1-10,14H,(H,16,17)(H,18,19)/b9-8+/t14-/m0/s1. The van der Waals surface area contributed by atoms with Crippen LogP contribution in [0.15, 0.2) is 53.9 Å². The van der Waals surface area contributed by atoms with Crippen LogP contribution in [0.1, 0.15) is 16.5 Å². The van der Waals surface area contributed by atoms with Crippen LogP contribution in [0.5, 0.6) is 0 Å². The van der Waals surface area contributed by atoms with Crippen LogP contribution in [0, 0.1) is 0 Å². The second-order valence-electron chi connectivity index (χ2n) is 4.04. The highest BCUT2D eigenvalue weighted by molar-refractivity contribution is 7.10. The van der Waals surface area contributed by atoms with Gasteiger partial charge in [0.25, 0.3) is 0 Å². The Morgan fingerprint density at radius 3 is 2.50 bits per heavy atom. The molecule has 0 unspecified atom stereocenters. The molecule has 20 heavy (non-hydrogen) atoms. The molecule has 0 aliphatic carbocycles. The fourth-order valence-corrected chi connectivity index (χ4v) is 2.29. The van der Waals surface area contributed by atoms with Crippen molar-refractivity contribution in [3.63, 3.8) is 0 Å². The molecule has 0 aliphatic rings. The van der Waals surface area contributed by atoms with Gasteiger partial charge in [0.2, 0.25) is 5.91 Å². The third-order valence-corrected chi connectivity index (χ3v) is 3.45. The lowest BCUT2D eigenvalue weighted by Gasteiger charge is -2.13. The molecule has 0 aliphatic heterocycles. The Kier molecular flexibility index (Phi) is 4.68. The summed E-state index contributed by atoms with van der Waals surface area (Å²) in [6.07, 6.45) is 2.99. The Morgan fingerprint density at radius 2 is 1.90 bits per heavy atom. The quantitative estimate of drug-likeness (QED) is 0.831. The highest BCUT2D eigenvalue weighted by Gasteiger charge is 2.20. The number of rotatable bonds is 5. The minimum absolute atomic E-state index is 0.436. The van der Waals surface area contributed by atoms with Crippen molar-refractivity contribution in [2.45, 2.75) is 6.04 Å². The topological polar surface area (TPSA) is 66.4 Å². The Morgan fingerprint density at radius 1 is 1.15 bits per heavy atom. The van der Waals surface area contributed by atoms with Gasteiger partial charge in [0.05, 0.1) is 0 Å². The maximum absolute atomic E-state index is 11.8. The zero-order valence-corrected chi connectivity index (χ0v) is 11.3. The summed E-state index contributed by atoms with van der Waals surface area (Å²) < 4.78 is 0. The van der Waals surface area contributed by atoms with Gasteiger partial charge >= 0.3 is 5.97 Å². The van der Waals surface area contributed by atoms with E-state index in [9.17, 15) is 14.7 Å². The number of benzene rings is 1. The summed E-state index contributed by atoms with van der Waals surface area (Å²) >= 11 is 1.50. The number of carboxylic acids is 1. The van der Waals surface area contributed by atoms with Crippen molar-refractivity contribution >= 4 is 29.3 Å². The van der Waals surface area contributed by atoms with Crippen LogP contribution in [-0.2, 0) is 9.59 Å². The summed E-state index contributed by atoms with van der Waals surface area (Å²) in [6.45, 7) is 0. The zero-order chi connectivity index (χ0) is 14.4. The Hall–Kier alpha value is -2.40. The minimum Gasteiger partial charge on any atom is -0.479 e. The van der Waals surface area contributed by atoms with Gasteiger partial charge in [0.1, 0.15) is 0 Å². The lowest BCUT2D eigenvalue weighted by atomic mass is 10.1. The fourth-order valence-electron chi connectivity index (χ4n) is 1.67. The molecule has 0 saturated carbocycles. The molecule has 2 rings (SSSR count). The second kappa shape index (κ2) is 6.68. The SMILES string of the molecule is O=C(/C=C/c1cccs1)N[C@H](C(=O)O)c1ccccc1. The van der Waals surface area contributed by atoms with Gasteiger partial charge in [-0.3, -0.25) is 4.79 Å². The third kappa shape index (κ3) is 3.80. The first-order valence-electron chi connectivity index (χ1n) is 5.96. The van der Waals surface area contributed by atoms with E-state index in [1.54, 1.807) is 36.4 Å². The minimum atomic E-state index is -1.09. The predicted octanol–water partition coefficient (Wildman–Crippen LogP) is 2.70. The molecule has 1 heterocycles. The first-order chi connectivity index (χ1) is 9.66. The van der Waals surface area contributed by atoms with Gasteiger partial charge in [0, 0.05) is 11.0 Å². The normalized spacial score (nSPS) is 12.2. The smallest absolute Gasteiger partial charge is 0.330 e. The first-order valence-corrected chi connectivity index (χ1v) is 6.84. The number of thiophene rings is 1. The largest absolute Gasteiger partial charge is 0.479 e. The van der Waals surface area contributed by atoms with Crippen molar-refractivity contribution in [1.82, 2.24) is 5.32 Å². The summed E-state index contributed by atoms with van der Waals surface area (Å²) in [5.41, 5.74) is 0.540. The van der Waals surface area contributed by atoms with E-state index in [0.29, 0.717) is 5.56 Å². The van der Waals surface area contributed by atoms with E-state index in [0.717, 1.165) is 4.88 Å². The van der Waals surface area contributed by atoms with Crippen LogP contribution in [0.25, 0.3) is 6.08 Å². The molecule has 4 nitrogen and oxygen atoms in total. The maximum atomic E-state index is 11.8. The van der Waals surface area contributed by atoms with E-state index in [1.165, 1.54) is 17.4 Å². The van der Waals surface area contributed by atoms with Crippen LogP contribution < -0.4 is 5.32 Å². The molecule has 0 saturated heterocycles. The van der Waals surface area contributed by atoms with Gasteiger partial charge in [-0.1, -0.05) is 36.4 Å². The van der Waals surface area contributed by atoms with E-state index < -0.39 is 17.9 Å². The summed E-state index contributed by atoms with van der Waals surface area (Å²) in [4.78, 5) is 23.9. The average molecular weight is 287 g/mol. The van der Waals surface area contributed by atoms with Crippen LogP contribution in [0.2, 0.25) is 0 Å². The molecule has 1 aromatic heterocycles. The van der Waals surface area contributed by atoms with Crippen molar-refractivity contribution in [3.8, 4) is 0 Å². The van der Waals surface area contributed by atoms with Crippen molar-refractivity contribution in [1.29, 1.82) is 0 Å². The summed E-state index contributed by atoms with van der Waals surface area (Å²) in [5.74, 6) is -1.52. The molecule has 2 N–H and O–H groups in total. The van der Waals surface area contributed by atoms with Crippen LogP contribution in [0.4, 0.5) is 0 Å². The van der Waals surface area contributed by atoms with E-state index in [4.69, 9.17) is 0 Å². The molecule has 0 bridgehead atoms. The van der Waals surface area contributed by atoms with Crippen molar-refractivity contribution in [3.05, 3.63) is 64.4 Å². The van der Waals surface area contributed by atoms with Gasteiger partial charge < -0.3 is 10.4 Å². The molecule has 1 amide bonds. The number of aliphatic carboxylic acids is 1. The van der Waals surface area contributed by atoms with E-state index in [1.807, 2.05) is 17.5 Å². The number of hydrogen-bond acceptors (Lipinski definition) is 3. The van der Waals surface area contributed by atoms with E-state index in [-0.39, 0.29) is 0 Å². The third-order valence-electron chi connectivity index (χ3n) is 2.61. The maximum Gasteiger partial charge on any atom is 0.330 e. The Labute approximate surface area is 120 Å². The lowest BCUT2D eigenvalue weighted by molar-refractivity contribution is -0.141. The number of hydrogen-bond donors (Lipinski definition) is 2. The average Bonchev–Trinajstić information content (AvgIpc) is 2.96. The highest BCUT2D eigenvalue weighted by atomic mass is 32.1. The van der Waals surface area contributed by atoms with Gasteiger partial charge in [-0.2, -0.15) is 0 Å². The zero-order valence-electron chi connectivity index (χ0n) is 10.5. The molecule has 0 radical (unpaired) electrons. The molecule has 2 aromatic rings. The molecule has 5 heteroatoms. The first kappa shape index (κ1) is 14.0. The van der Waals surface area contributed by atoms with Crippen molar-refractivity contribution < 1.29 is 14.7 Å². The molecule has 0 spiro atoms. The van der Waals surface area contributed by atoms with Crippen LogP contribution in [0.3, 0.4) is 0 Å². The molecule has 0 fully saturated rings. The summed E-state index contributed by atoms with van der Waals surface area (Å²) in [7, 11) is 0. The van der Waals surface area contributed by atoms with E-state index >= 15 is 0 Å². The van der Waals surface area contributed by atoms with Gasteiger partial charge in [-0.25, -0.2) is 4.79 Å². The Balaban J connectivity index is 2.05. The molecule has 1 atom stereocenters. The number of carbonyl (C=O) groups is 2. The monoisotopic (exact) mass is 287 g/mol. The van der Waals surface area contributed by atoms with E-state index in [2.05, 4.69) is 5.32 Å². The number of nitrogens with one attached hydrogen (secondary N) is 1. The van der Waals surface area contributed by atoms with Gasteiger partial charge in [-0.05, 0) is 23.1 Å². The van der Waals surface area contributed by atoms with Gasteiger partial charge in [-0.15, -0.1) is 11.3 Å². The highest BCUT2D eigenvalue weighted by Crippen LogP contribution is 2.13. The summed E-state index contributed by atoms with van der Waals surface area (Å²) in [6, 6.07) is 11.3. The molecular weight excluding hydrogens is 274 g/mol. The number of carboxylic acid groups (broad SMARTS) is 1. The molecule has 1 aromatic carbocycles. The van der Waals surface area contributed by atoms with Gasteiger partial charge in [0.15, 0.2) is 6.04 Å². The van der Waals surface area contributed by atoms with Crippen LogP contribution in [-0.4, -0.2) is 17.0 Å². The predicted molar refractivity (Wildman–Crippen MR) is 78.3 cm³/mol. The van der Waals surface area contributed by atoms with Crippen molar-refractivity contribution in [2.75, 3.05) is 0 Å². The molecular formula is C15H13NO3S. The Bertz CT molecular complexity index is 605. The fraction of sp³-hybridized carbons (Fsp3) is 0.0667. The molecule has 102 valence electrons. The lowest BCUT2D eigenvalue weighted by Crippen LogP contribution is -2.32. The second-order valence-corrected chi connectivity index (χ2v) is 5.02. The number of carbonyl (C=O) groups excluding carboxylic acids is 1. The summed E-state index contributed by atoms with van der Waals surface area (Å²) in [5, 5.41) is 13.6. The number of amides is 1. The van der Waals surface area contributed by atoms with Crippen molar-refractivity contribution in [2.24, 2.45) is 0 Å². The van der Waals surface area contributed by atoms with Crippen LogP contribution >= 0.6 is 11.3 Å².